The van der Waals surface area contributed by atoms with Crippen molar-refractivity contribution in [1.82, 2.24) is 18.7 Å². The first kappa shape index (κ1) is 22.1. The molecule has 0 bridgehead atoms. The molecular weight excluding hydrogens is 414 g/mol. The van der Waals surface area contributed by atoms with Crippen molar-refractivity contribution in [1.29, 1.82) is 0 Å². The molecule has 0 radical (unpaired) electrons. The van der Waals surface area contributed by atoms with E-state index in [0.717, 1.165) is 10.1 Å². The summed E-state index contributed by atoms with van der Waals surface area (Å²) in [5.74, 6) is 1.21. The fourth-order valence-corrected chi connectivity index (χ4v) is 3.87. The smallest absolute Gasteiger partial charge is 0.332 e. The summed E-state index contributed by atoms with van der Waals surface area (Å²) in [6, 6.07) is 5.77. The van der Waals surface area contributed by atoms with Crippen molar-refractivity contribution >= 4 is 17.1 Å². The number of benzene rings is 1. The highest BCUT2D eigenvalue weighted by atomic mass is 16.5. The van der Waals surface area contributed by atoms with Gasteiger partial charge in [0.05, 0.1) is 19.8 Å². The predicted octanol–water partition coefficient (Wildman–Crippen LogP) is 0.327. The van der Waals surface area contributed by atoms with Crippen molar-refractivity contribution in [2.24, 2.45) is 14.1 Å². The average Bonchev–Trinajstić information content (AvgIpc) is 3.17. The standard InChI is InChI=1S/C22H29N5O5/c1-14-5-6-17(11-15(14)2)32-13-16(28)12-27-18-19(24(3)22(30)25(4)20(18)29)23-21(27)26-7-9-31-10-8-26/h5-6,11,16,28H,7-10,12-13H2,1-4H3. The monoisotopic (exact) mass is 443 g/mol. The molecule has 10 heteroatoms. The van der Waals surface area contributed by atoms with Crippen LogP contribution in [0.1, 0.15) is 11.1 Å². The maximum atomic E-state index is 13.0. The lowest BCUT2D eigenvalue weighted by Gasteiger charge is -2.28. The third kappa shape index (κ3) is 4.03. The van der Waals surface area contributed by atoms with Gasteiger partial charge >= 0.3 is 5.69 Å². The number of aliphatic hydroxyl groups excluding tert-OH is 1. The lowest BCUT2D eigenvalue weighted by atomic mass is 10.1. The van der Waals surface area contributed by atoms with E-state index in [4.69, 9.17) is 9.47 Å². The largest absolute Gasteiger partial charge is 0.491 e. The van der Waals surface area contributed by atoms with E-state index in [1.54, 1.807) is 11.6 Å². The number of hydrogen-bond donors (Lipinski definition) is 1. The van der Waals surface area contributed by atoms with Crippen molar-refractivity contribution in [2.45, 2.75) is 26.5 Å². The summed E-state index contributed by atoms with van der Waals surface area (Å²) < 4.78 is 15.3. The Labute approximate surface area is 185 Å². The molecule has 1 fully saturated rings. The number of aryl methyl sites for hydroxylation is 3. The van der Waals surface area contributed by atoms with Crippen LogP contribution in [0.3, 0.4) is 0 Å². The zero-order valence-corrected chi connectivity index (χ0v) is 18.9. The van der Waals surface area contributed by atoms with E-state index >= 15 is 0 Å². The van der Waals surface area contributed by atoms with Crippen LogP contribution in [-0.4, -0.2) is 62.8 Å². The minimum absolute atomic E-state index is 0.0524. The van der Waals surface area contributed by atoms with Crippen LogP contribution < -0.4 is 20.9 Å². The molecule has 10 nitrogen and oxygen atoms in total. The highest BCUT2D eigenvalue weighted by Gasteiger charge is 2.25. The maximum absolute atomic E-state index is 13.0. The molecule has 4 rings (SSSR count). The summed E-state index contributed by atoms with van der Waals surface area (Å²) >= 11 is 0. The van der Waals surface area contributed by atoms with E-state index in [9.17, 15) is 14.7 Å². The fraction of sp³-hybridized carbons (Fsp3) is 0.500. The van der Waals surface area contributed by atoms with Gasteiger partial charge in [-0.05, 0) is 37.1 Å². The number of rotatable bonds is 6. The molecule has 0 spiro atoms. The number of ether oxygens (including phenoxy) is 2. The Balaban J connectivity index is 1.68. The van der Waals surface area contributed by atoms with Crippen LogP contribution in [0, 0.1) is 13.8 Å². The normalized spacial score (nSPS) is 15.3. The molecular formula is C22H29N5O5. The molecule has 1 atom stereocenters. The maximum Gasteiger partial charge on any atom is 0.332 e. The van der Waals surface area contributed by atoms with Gasteiger partial charge in [-0.15, -0.1) is 0 Å². The minimum atomic E-state index is -0.893. The second-order valence-electron chi connectivity index (χ2n) is 8.21. The van der Waals surface area contributed by atoms with Crippen LogP contribution in [0.15, 0.2) is 27.8 Å². The van der Waals surface area contributed by atoms with Crippen LogP contribution in [-0.2, 0) is 25.4 Å². The minimum Gasteiger partial charge on any atom is -0.491 e. The fourth-order valence-electron chi connectivity index (χ4n) is 3.87. The number of nitrogens with zero attached hydrogens (tertiary/aromatic N) is 5. The number of aliphatic hydroxyl groups is 1. The summed E-state index contributed by atoms with van der Waals surface area (Å²) in [6.45, 7) is 6.47. The molecule has 1 N–H and O–H groups in total. The quantitative estimate of drug-likeness (QED) is 0.585. The third-order valence-corrected chi connectivity index (χ3v) is 5.94. The summed E-state index contributed by atoms with van der Waals surface area (Å²) in [5.41, 5.74) is 1.95. The topological polar surface area (TPSA) is 104 Å². The molecule has 1 unspecified atom stereocenters. The Morgan fingerprint density at radius 2 is 1.84 bits per heavy atom. The van der Waals surface area contributed by atoms with E-state index in [1.165, 1.54) is 17.2 Å². The van der Waals surface area contributed by atoms with E-state index in [0.29, 0.717) is 43.6 Å². The summed E-state index contributed by atoms with van der Waals surface area (Å²) in [4.78, 5) is 32.0. The molecule has 0 amide bonds. The Morgan fingerprint density at radius 1 is 1.12 bits per heavy atom. The Bertz CT molecular complexity index is 1250. The Kier molecular flexibility index (Phi) is 6.07. The van der Waals surface area contributed by atoms with Gasteiger partial charge in [-0.1, -0.05) is 6.07 Å². The predicted molar refractivity (Wildman–Crippen MR) is 121 cm³/mol. The average molecular weight is 444 g/mol. The molecule has 1 aliphatic heterocycles. The summed E-state index contributed by atoms with van der Waals surface area (Å²) in [6.07, 6.45) is -0.893. The lowest BCUT2D eigenvalue weighted by molar-refractivity contribution is 0.0927. The number of imidazole rings is 1. The molecule has 0 aliphatic carbocycles. The van der Waals surface area contributed by atoms with Gasteiger partial charge in [-0.3, -0.25) is 13.9 Å². The van der Waals surface area contributed by atoms with E-state index in [-0.39, 0.29) is 18.7 Å². The number of morpholine rings is 1. The van der Waals surface area contributed by atoms with Crippen molar-refractivity contribution in [3.8, 4) is 5.75 Å². The van der Waals surface area contributed by atoms with Crippen molar-refractivity contribution in [3.05, 3.63) is 50.2 Å². The van der Waals surface area contributed by atoms with Crippen LogP contribution in [0.2, 0.25) is 0 Å². The second kappa shape index (κ2) is 8.79. The third-order valence-electron chi connectivity index (χ3n) is 5.94. The van der Waals surface area contributed by atoms with Crippen molar-refractivity contribution in [3.63, 3.8) is 0 Å². The zero-order valence-electron chi connectivity index (χ0n) is 18.9. The summed E-state index contributed by atoms with van der Waals surface area (Å²) in [7, 11) is 3.03. The van der Waals surface area contributed by atoms with E-state index in [2.05, 4.69) is 4.98 Å². The van der Waals surface area contributed by atoms with Gasteiger partial charge in [-0.25, -0.2) is 4.79 Å². The van der Waals surface area contributed by atoms with Crippen molar-refractivity contribution in [2.75, 3.05) is 37.8 Å². The van der Waals surface area contributed by atoms with Gasteiger partial charge in [0.1, 0.15) is 18.5 Å². The number of fused-ring (bicyclic) bond motifs is 1. The van der Waals surface area contributed by atoms with Crippen LogP contribution >= 0.6 is 0 Å². The van der Waals surface area contributed by atoms with Gasteiger partial charge in [0.25, 0.3) is 5.56 Å². The highest BCUT2D eigenvalue weighted by Crippen LogP contribution is 2.22. The first-order valence-corrected chi connectivity index (χ1v) is 10.6. The van der Waals surface area contributed by atoms with E-state index in [1.807, 2.05) is 36.9 Å². The van der Waals surface area contributed by atoms with Crippen LogP contribution in [0.4, 0.5) is 5.95 Å². The van der Waals surface area contributed by atoms with E-state index < -0.39 is 17.4 Å². The molecule has 0 saturated carbocycles. The molecule has 2 aromatic heterocycles. The number of hydrogen-bond acceptors (Lipinski definition) is 7. The second-order valence-corrected chi connectivity index (χ2v) is 8.21. The van der Waals surface area contributed by atoms with Gasteiger partial charge in [0, 0.05) is 27.2 Å². The SMILES string of the molecule is Cc1ccc(OCC(O)Cn2c(N3CCOCC3)nc3c2c(=O)n(C)c(=O)n3C)cc1C. The molecule has 32 heavy (non-hydrogen) atoms. The van der Waals surface area contributed by atoms with Crippen LogP contribution in [0.25, 0.3) is 11.2 Å². The molecule has 1 saturated heterocycles. The van der Waals surface area contributed by atoms with Gasteiger partial charge < -0.3 is 24.0 Å². The molecule has 172 valence electrons. The van der Waals surface area contributed by atoms with Gasteiger partial charge in [-0.2, -0.15) is 4.98 Å². The van der Waals surface area contributed by atoms with Crippen LogP contribution in [0.5, 0.6) is 5.75 Å². The molecule has 1 aliphatic rings. The first-order chi connectivity index (χ1) is 15.3. The first-order valence-electron chi connectivity index (χ1n) is 10.6. The Hall–Kier alpha value is -3.11. The van der Waals surface area contributed by atoms with Crippen molar-refractivity contribution < 1.29 is 14.6 Å². The summed E-state index contributed by atoms with van der Waals surface area (Å²) in [5, 5.41) is 10.8. The highest BCUT2D eigenvalue weighted by molar-refractivity contribution is 5.74. The molecule has 1 aromatic carbocycles. The molecule has 3 heterocycles. The number of anilines is 1. The zero-order chi connectivity index (χ0) is 23.0. The number of aromatic nitrogens is 4. The lowest BCUT2D eigenvalue weighted by Crippen LogP contribution is -2.39. The van der Waals surface area contributed by atoms with Gasteiger partial charge in [0.15, 0.2) is 11.2 Å². The van der Waals surface area contributed by atoms with Gasteiger partial charge in [0.2, 0.25) is 5.95 Å². The Morgan fingerprint density at radius 3 is 2.53 bits per heavy atom. The molecule has 3 aromatic rings.